The number of halogens is 1. The quantitative estimate of drug-likeness (QED) is 0.773. The fourth-order valence-electron chi connectivity index (χ4n) is 1.06. The number of pyridine rings is 1. The van der Waals surface area contributed by atoms with E-state index in [-0.39, 0.29) is 5.95 Å². The van der Waals surface area contributed by atoms with Gasteiger partial charge in [-0.3, -0.25) is 4.98 Å². The monoisotopic (exact) mass is 206 g/mol. The van der Waals surface area contributed by atoms with Gasteiger partial charge in [0.2, 0.25) is 5.95 Å². The molecule has 14 heavy (non-hydrogen) atoms. The highest BCUT2D eigenvalue weighted by Crippen LogP contribution is 2.17. The van der Waals surface area contributed by atoms with Gasteiger partial charge < -0.3 is 5.73 Å². The third-order valence-electron chi connectivity index (χ3n) is 1.66. The number of hydrogen-bond donors (Lipinski definition) is 1. The molecule has 0 radical (unpaired) electrons. The smallest absolute Gasteiger partial charge is 0.220 e. The highest BCUT2D eigenvalue weighted by molar-refractivity contribution is 6.30. The van der Waals surface area contributed by atoms with Crippen molar-refractivity contribution in [1.82, 2.24) is 15.0 Å². The normalized spacial score (nSPS) is 10.1. The number of rotatable bonds is 1. The van der Waals surface area contributed by atoms with Gasteiger partial charge in [0.25, 0.3) is 0 Å². The average molecular weight is 207 g/mol. The molecule has 2 aromatic rings. The molecule has 0 aliphatic heterocycles. The lowest BCUT2D eigenvalue weighted by Gasteiger charge is -1.99. The zero-order valence-electron chi connectivity index (χ0n) is 7.18. The number of nitrogens with zero attached hydrogens (tertiary/aromatic N) is 3. The van der Waals surface area contributed by atoms with Crippen molar-refractivity contribution in [2.24, 2.45) is 0 Å². The van der Waals surface area contributed by atoms with Crippen molar-refractivity contribution in [3.63, 3.8) is 0 Å². The Labute approximate surface area is 85.8 Å². The summed E-state index contributed by atoms with van der Waals surface area (Å²) in [5, 5.41) is 0.618. The fourth-order valence-corrected chi connectivity index (χ4v) is 1.22. The van der Waals surface area contributed by atoms with E-state index in [2.05, 4.69) is 15.0 Å². The molecule has 0 spiro atoms. The van der Waals surface area contributed by atoms with Crippen LogP contribution in [0.2, 0.25) is 5.02 Å². The van der Waals surface area contributed by atoms with Gasteiger partial charge in [-0.15, -0.1) is 0 Å². The molecule has 0 saturated carbocycles. The molecule has 0 amide bonds. The van der Waals surface area contributed by atoms with E-state index in [0.29, 0.717) is 16.4 Å². The number of nitrogen functional groups attached to an aromatic ring is 1. The van der Waals surface area contributed by atoms with Crippen molar-refractivity contribution < 1.29 is 0 Å². The van der Waals surface area contributed by atoms with Gasteiger partial charge in [0.15, 0.2) is 0 Å². The molecule has 2 heterocycles. The molecule has 0 fully saturated rings. The van der Waals surface area contributed by atoms with Crippen LogP contribution in [0.1, 0.15) is 0 Å². The van der Waals surface area contributed by atoms with E-state index in [1.54, 1.807) is 30.6 Å². The second kappa shape index (κ2) is 3.59. The SMILES string of the molecule is Nc1nccc(-c2cc(Cl)ccn2)n1. The molecule has 0 atom stereocenters. The zero-order valence-corrected chi connectivity index (χ0v) is 7.94. The van der Waals surface area contributed by atoms with Crippen LogP contribution in [0.15, 0.2) is 30.6 Å². The molecule has 0 aliphatic rings. The maximum Gasteiger partial charge on any atom is 0.220 e. The minimum Gasteiger partial charge on any atom is -0.368 e. The molecular formula is C9H7ClN4. The maximum absolute atomic E-state index is 5.82. The minimum atomic E-state index is 0.226. The lowest BCUT2D eigenvalue weighted by Crippen LogP contribution is -1.95. The molecule has 70 valence electrons. The van der Waals surface area contributed by atoms with Crippen molar-refractivity contribution in [1.29, 1.82) is 0 Å². The molecule has 2 aromatic heterocycles. The van der Waals surface area contributed by atoms with Crippen molar-refractivity contribution in [2.75, 3.05) is 5.73 Å². The highest BCUT2D eigenvalue weighted by Gasteiger charge is 2.01. The van der Waals surface area contributed by atoms with E-state index in [1.807, 2.05) is 0 Å². The summed E-state index contributed by atoms with van der Waals surface area (Å²) in [4.78, 5) is 11.9. The second-order valence-electron chi connectivity index (χ2n) is 2.66. The van der Waals surface area contributed by atoms with Crippen molar-refractivity contribution >= 4 is 17.5 Å². The molecule has 0 saturated heterocycles. The Morgan fingerprint density at radius 2 is 1.86 bits per heavy atom. The second-order valence-corrected chi connectivity index (χ2v) is 3.10. The van der Waals surface area contributed by atoms with E-state index in [0.717, 1.165) is 0 Å². The Balaban J connectivity index is 2.49. The first-order valence-electron chi connectivity index (χ1n) is 3.96. The first-order chi connectivity index (χ1) is 6.75. The molecule has 2 N–H and O–H groups in total. The predicted octanol–water partition coefficient (Wildman–Crippen LogP) is 1.77. The lowest BCUT2D eigenvalue weighted by atomic mass is 10.2. The van der Waals surface area contributed by atoms with Crippen molar-refractivity contribution in [2.45, 2.75) is 0 Å². The maximum atomic E-state index is 5.82. The Bertz CT molecular complexity index is 415. The number of hydrogen-bond acceptors (Lipinski definition) is 4. The lowest BCUT2D eigenvalue weighted by molar-refractivity contribution is 1.17. The largest absolute Gasteiger partial charge is 0.368 e. The summed E-state index contributed by atoms with van der Waals surface area (Å²) in [5.41, 5.74) is 6.80. The number of aromatic nitrogens is 3. The van der Waals surface area contributed by atoms with Gasteiger partial charge in [0, 0.05) is 17.4 Å². The van der Waals surface area contributed by atoms with Crippen LogP contribution < -0.4 is 5.73 Å². The highest BCUT2D eigenvalue weighted by atomic mass is 35.5. The van der Waals surface area contributed by atoms with Gasteiger partial charge in [0.05, 0.1) is 11.4 Å². The summed E-state index contributed by atoms with van der Waals surface area (Å²) in [7, 11) is 0. The summed E-state index contributed by atoms with van der Waals surface area (Å²) in [6.45, 7) is 0. The van der Waals surface area contributed by atoms with Gasteiger partial charge in [-0.25, -0.2) is 9.97 Å². The predicted molar refractivity (Wildman–Crippen MR) is 54.7 cm³/mol. The van der Waals surface area contributed by atoms with Gasteiger partial charge >= 0.3 is 0 Å². The molecular weight excluding hydrogens is 200 g/mol. The van der Waals surface area contributed by atoms with E-state index in [1.165, 1.54) is 0 Å². The molecule has 0 aliphatic carbocycles. The van der Waals surface area contributed by atoms with Gasteiger partial charge in [0.1, 0.15) is 0 Å². The van der Waals surface area contributed by atoms with Crippen LogP contribution in [-0.2, 0) is 0 Å². The van der Waals surface area contributed by atoms with Gasteiger partial charge in [-0.05, 0) is 18.2 Å². The molecule has 0 bridgehead atoms. The van der Waals surface area contributed by atoms with Crippen LogP contribution in [0.5, 0.6) is 0 Å². The Morgan fingerprint density at radius 3 is 2.57 bits per heavy atom. The van der Waals surface area contributed by atoms with E-state index >= 15 is 0 Å². The van der Waals surface area contributed by atoms with Gasteiger partial charge in [-0.1, -0.05) is 11.6 Å². The first-order valence-corrected chi connectivity index (χ1v) is 4.34. The molecule has 4 nitrogen and oxygen atoms in total. The van der Waals surface area contributed by atoms with Gasteiger partial charge in [-0.2, -0.15) is 0 Å². The first kappa shape index (κ1) is 8.90. The van der Waals surface area contributed by atoms with Crippen molar-refractivity contribution in [3.8, 4) is 11.4 Å². The van der Waals surface area contributed by atoms with Crippen LogP contribution in [0, 0.1) is 0 Å². The topological polar surface area (TPSA) is 64.7 Å². The average Bonchev–Trinajstić information content (AvgIpc) is 2.18. The number of nitrogens with two attached hydrogens (primary N) is 1. The van der Waals surface area contributed by atoms with Crippen LogP contribution in [0.4, 0.5) is 5.95 Å². The molecule has 2 rings (SSSR count). The zero-order chi connectivity index (χ0) is 9.97. The minimum absolute atomic E-state index is 0.226. The van der Waals surface area contributed by atoms with E-state index in [9.17, 15) is 0 Å². The standard InChI is InChI=1S/C9H7ClN4/c10-6-1-3-12-8(5-6)7-2-4-13-9(11)14-7/h1-5H,(H2,11,13,14). The third-order valence-corrected chi connectivity index (χ3v) is 1.89. The Morgan fingerprint density at radius 1 is 1.07 bits per heavy atom. The summed E-state index contributed by atoms with van der Waals surface area (Å²) in [6.07, 6.45) is 3.20. The summed E-state index contributed by atoms with van der Waals surface area (Å²) in [5.74, 6) is 0.226. The van der Waals surface area contributed by atoms with Crippen LogP contribution in [-0.4, -0.2) is 15.0 Å². The summed E-state index contributed by atoms with van der Waals surface area (Å²) >= 11 is 5.82. The Kier molecular flexibility index (Phi) is 2.28. The van der Waals surface area contributed by atoms with E-state index in [4.69, 9.17) is 17.3 Å². The molecule has 0 unspecified atom stereocenters. The third kappa shape index (κ3) is 1.80. The van der Waals surface area contributed by atoms with Crippen LogP contribution in [0.25, 0.3) is 11.4 Å². The summed E-state index contributed by atoms with van der Waals surface area (Å²) in [6, 6.07) is 5.16. The Hall–Kier alpha value is -1.68. The van der Waals surface area contributed by atoms with Crippen LogP contribution in [0.3, 0.4) is 0 Å². The molecule has 5 heteroatoms. The van der Waals surface area contributed by atoms with E-state index < -0.39 is 0 Å². The fraction of sp³-hybridized carbons (Fsp3) is 0. The molecule has 0 aromatic carbocycles. The summed E-state index contributed by atoms with van der Waals surface area (Å²) < 4.78 is 0. The van der Waals surface area contributed by atoms with Crippen LogP contribution >= 0.6 is 11.6 Å². The number of anilines is 1. The van der Waals surface area contributed by atoms with Crippen molar-refractivity contribution in [3.05, 3.63) is 35.6 Å².